The maximum Gasteiger partial charge on any atom is 0.119 e. The van der Waals surface area contributed by atoms with Crippen molar-refractivity contribution in [3.63, 3.8) is 0 Å². The zero-order valence-electron chi connectivity index (χ0n) is 11.2. The summed E-state index contributed by atoms with van der Waals surface area (Å²) in [4.78, 5) is 0. The summed E-state index contributed by atoms with van der Waals surface area (Å²) in [6.45, 7) is 0. The van der Waals surface area contributed by atoms with Gasteiger partial charge in [0, 0.05) is 10.5 Å². The molecule has 0 heterocycles. The molecule has 1 N–H and O–H groups in total. The van der Waals surface area contributed by atoms with Crippen LogP contribution in [0.3, 0.4) is 0 Å². The summed E-state index contributed by atoms with van der Waals surface area (Å²) in [6, 6.07) is 6.96. The quantitative estimate of drug-likeness (QED) is 0.913. The van der Waals surface area contributed by atoms with Crippen LogP contribution in [-0.2, 0) is 6.42 Å². The number of hydrogen-bond acceptors (Lipinski definition) is 2. The Kier molecular flexibility index (Phi) is 5.07. The lowest BCUT2D eigenvalue weighted by molar-refractivity contribution is 0.294. The van der Waals surface area contributed by atoms with Gasteiger partial charge in [-0.2, -0.15) is 0 Å². The Hall–Kier alpha value is -0.540. The van der Waals surface area contributed by atoms with Gasteiger partial charge in [-0.1, -0.05) is 28.8 Å². The highest BCUT2D eigenvalue weighted by atomic mass is 79.9. The topological polar surface area (TPSA) is 21.3 Å². The largest absolute Gasteiger partial charge is 0.497 e. The van der Waals surface area contributed by atoms with Crippen molar-refractivity contribution < 1.29 is 4.74 Å². The van der Waals surface area contributed by atoms with Gasteiger partial charge in [-0.25, -0.2) is 0 Å². The molecule has 1 aromatic rings. The molecule has 1 aliphatic carbocycles. The van der Waals surface area contributed by atoms with Gasteiger partial charge in [-0.3, -0.25) is 0 Å². The lowest BCUT2D eigenvalue weighted by Gasteiger charge is -2.29. The zero-order chi connectivity index (χ0) is 13.0. The van der Waals surface area contributed by atoms with Crippen LogP contribution in [0.4, 0.5) is 0 Å². The third-order valence-corrected chi connectivity index (χ3v) is 4.73. The molecule has 2 unspecified atom stereocenters. The van der Waals surface area contributed by atoms with Crippen LogP contribution < -0.4 is 10.1 Å². The van der Waals surface area contributed by atoms with Gasteiger partial charge in [-0.15, -0.1) is 0 Å². The van der Waals surface area contributed by atoms with Crippen LogP contribution in [0.25, 0.3) is 0 Å². The van der Waals surface area contributed by atoms with Gasteiger partial charge < -0.3 is 10.1 Å². The average Bonchev–Trinajstić information content (AvgIpc) is 2.41. The van der Waals surface area contributed by atoms with Gasteiger partial charge in [0.15, 0.2) is 0 Å². The molecule has 0 aliphatic heterocycles. The molecule has 1 aromatic carbocycles. The van der Waals surface area contributed by atoms with Crippen molar-refractivity contribution in [2.45, 2.75) is 38.1 Å². The molecule has 0 bridgehead atoms. The van der Waals surface area contributed by atoms with Crippen molar-refractivity contribution in [2.24, 2.45) is 5.92 Å². The van der Waals surface area contributed by atoms with E-state index in [0.29, 0.717) is 6.04 Å². The fraction of sp³-hybridized carbons (Fsp3) is 0.600. The molecule has 100 valence electrons. The minimum absolute atomic E-state index is 0.702. The number of methoxy groups -OCH3 is 1. The van der Waals surface area contributed by atoms with Crippen LogP contribution in [-0.4, -0.2) is 20.2 Å². The number of ether oxygens (including phenoxy) is 1. The molecule has 0 amide bonds. The molecule has 2 atom stereocenters. The number of benzene rings is 1. The fourth-order valence-corrected chi connectivity index (χ4v) is 3.29. The average molecular weight is 312 g/mol. The summed E-state index contributed by atoms with van der Waals surface area (Å²) in [5.41, 5.74) is 1.37. The molecular weight excluding hydrogens is 290 g/mol. The monoisotopic (exact) mass is 311 g/mol. The minimum atomic E-state index is 0.702. The molecule has 2 nitrogen and oxygen atoms in total. The highest BCUT2D eigenvalue weighted by Crippen LogP contribution is 2.31. The van der Waals surface area contributed by atoms with Crippen LogP contribution in [0.5, 0.6) is 5.75 Å². The first-order chi connectivity index (χ1) is 8.72. The first kappa shape index (κ1) is 13.9. The number of rotatable bonds is 4. The molecule has 2 rings (SSSR count). The van der Waals surface area contributed by atoms with Gasteiger partial charge >= 0.3 is 0 Å². The van der Waals surface area contributed by atoms with Crippen LogP contribution >= 0.6 is 15.9 Å². The second-order valence-corrected chi connectivity index (χ2v) is 6.03. The predicted octanol–water partition coefficient (Wildman–Crippen LogP) is 3.78. The maximum atomic E-state index is 5.31. The SMILES string of the molecule is CNC1CCCC(Cc2cc(OC)ccc2Br)C1. The molecule has 0 radical (unpaired) electrons. The van der Waals surface area contributed by atoms with Crippen molar-refractivity contribution in [2.75, 3.05) is 14.2 Å². The standard InChI is InChI=1S/C15H22BrNO/c1-17-13-5-3-4-11(9-13)8-12-10-14(18-2)6-7-15(12)16/h6-7,10-11,13,17H,3-5,8-9H2,1-2H3. The Morgan fingerprint density at radius 2 is 2.22 bits per heavy atom. The second-order valence-electron chi connectivity index (χ2n) is 5.18. The normalized spacial score (nSPS) is 23.9. The number of halogens is 1. The van der Waals surface area contributed by atoms with Crippen molar-refractivity contribution >= 4 is 15.9 Å². The first-order valence-electron chi connectivity index (χ1n) is 6.72. The summed E-state index contributed by atoms with van der Waals surface area (Å²) >= 11 is 3.65. The molecule has 1 aliphatic rings. The van der Waals surface area contributed by atoms with Gasteiger partial charge in [0.05, 0.1) is 7.11 Å². The van der Waals surface area contributed by atoms with Crippen LogP contribution in [0.2, 0.25) is 0 Å². The predicted molar refractivity (Wildman–Crippen MR) is 79.2 cm³/mol. The van der Waals surface area contributed by atoms with E-state index in [1.54, 1.807) is 7.11 Å². The fourth-order valence-electron chi connectivity index (χ4n) is 2.88. The lowest BCUT2D eigenvalue weighted by atomic mass is 9.82. The van der Waals surface area contributed by atoms with E-state index < -0.39 is 0 Å². The number of hydrogen-bond donors (Lipinski definition) is 1. The Morgan fingerprint density at radius 3 is 2.94 bits per heavy atom. The van der Waals surface area contributed by atoms with Crippen LogP contribution in [0.1, 0.15) is 31.2 Å². The van der Waals surface area contributed by atoms with E-state index in [-0.39, 0.29) is 0 Å². The second kappa shape index (κ2) is 6.58. The summed E-state index contributed by atoms with van der Waals surface area (Å²) < 4.78 is 6.51. The van der Waals surface area contributed by atoms with Gasteiger partial charge in [0.25, 0.3) is 0 Å². The Balaban J connectivity index is 2.04. The van der Waals surface area contributed by atoms with Crippen molar-refractivity contribution in [3.05, 3.63) is 28.2 Å². The Bertz CT molecular complexity index is 394. The van der Waals surface area contributed by atoms with Crippen molar-refractivity contribution in [1.29, 1.82) is 0 Å². The maximum absolute atomic E-state index is 5.31. The third kappa shape index (κ3) is 3.48. The molecule has 0 spiro atoms. The molecule has 18 heavy (non-hydrogen) atoms. The number of nitrogens with one attached hydrogen (secondary N) is 1. The van der Waals surface area contributed by atoms with Gasteiger partial charge in [0.1, 0.15) is 5.75 Å². The highest BCUT2D eigenvalue weighted by Gasteiger charge is 2.21. The van der Waals surface area contributed by atoms with E-state index in [1.165, 1.54) is 35.7 Å². The third-order valence-electron chi connectivity index (χ3n) is 3.95. The van der Waals surface area contributed by atoms with E-state index in [1.807, 2.05) is 6.07 Å². The first-order valence-corrected chi connectivity index (χ1v) is 7.52. The summed E-state index contributed by atoms with van der Waals surface area (Å²) in [7, 11) is 3.80. The molecular formula is C15H22BrNO. The molecule has 0 aromatic heterocycles. The van der Waals surface area contributed by atoms with E-state index >= 15 is 0 Å². The van der Waals surface area contributed by atoms with Gasteiger partial charge in [0.2, 0.25) is 0 Å². The van der Waals surface area contributed by atoms with E-state index in [9.17, 15) is 0 Å². The molecule has 1 saturated carbocycles. The van der Waals surface area contributed by atoms with Crippen LogP contribution in [0.15, 0.2) is 22.7 Å². The summed E-state index contributed by atoms with van der Waals surface area (Å²) in [5, 5.41) is 3.42. The minimum Gasteiger partial charge on any atom is -0.497 e. The van der Waals surface area contributed by atoms with E-state index in [2.05, 4.69) is 40.4 Å². The molecule has 0 saturated heterocycles. The summed E-state index contributed by atoms with van der Waals surface area (Å²) in [5.74, 6) is 1.74. The lowest BCUT2D eigenvalue weighted by Crippen LogP contribution is -2.31. The van der Waals surface area contributed by atoms with E-state index in [4.69, 9.17) is 4.74 Å². The Morgan fingerprint density at radius 1 is 1.39 bits per heavy atom. The van der Waals surface area contributed by atoms with E-state index in [0.717, 1.165) is 18.1 Å². The molecule has 1 fully saturated rings. The smallest absolute Gasteiger partial charge is 0.119 e. The summed E-state index contributed by atoms with van der Waals surface area (Å²) in [6.07, 6.45) is 6.46. The highest BCUT2D eigenvalue weighted by molar-refractivity contribution is 9.10. The van der Waals surface area contributed by atoms with Crippen LogP contribution in [0, 0.1) is 5.92 Å². The Labute approximate surface area is 118 Å². The van der Waals surface area contributed by atoms with Gasteiger partial charge in [-0.05, 0) is 56.0 Å². The molecule has 3 heteroatoms. The zero-order valence-corrected chi connectivity index (χ0v) is 12.8. The van der Waals surface area contributed by atoms with Crippen molar-refractivity contribution in [3.8, 4) is 5.75 Å². The van der Waals surface area contributed by atoms with Crippen molar-refractivity contribution in [1.82, 2.24) is 5.32 Å².